The second kappa shape index (κ2) is 5.86. The summed E-state index contributed by atoms with van der Waals surface area (Å²) >= 11 is 0. The van der Waals surface area contributed by atoms with Gasteiger partial charge in [-0.1, -0.05) is 6.07 Å². The lowest BCUT2D eigenvalue weighted by atomic mass is 10.2. The molecule has 0 aliphatic heterocycles. The maximum atomic E-state index is 11.6. The fourth-order valence-electron chi connectivity index (χ4n) is 1.52. The van der Waals surface area contributed by atoms with E-state index in [0.29, 0.717) is 5.56 Å². The van der Waals surface area contributed by atoms with Gasteiger partial charge in [0.05, 0.1) is 12.0 Å². The molecule has 1 heterocycles. The average Bonchev–Trinajstić information content (AvgIpc) is 2.90. The van der Waals surface area contributed by atoms with Crippen molar-refractivity contribution in [3.63, 3.8) is 0 Å². The molecule has 0 amide bonds. The lowest BCUT2D eigenvalue weighted by Gasteiger charge is -2.05. The molecule has 10 nitrogen and oxygen atoms in total. The molecule has 0 spiro atoms. The molecule has 2 rings (SSSR count). The third-order valence-corrected chi connectivity index (χ3v) is 2.52. The Morgan fingerprint density at radius 3 is 2.81 bits per heavy atom. The van der Waals surface area contributed by atoms with Gasteiger partial charge < -0.3 is 15.2 Å². The molecule has 10 heteroatoms. The topological polar surface area (TPSA) is 144 Å². The summed E-state index contributed by atoms with van der Waals surface area (Å²) in [4.78, 5) is 21.9. The number of carbonyl (C=O) groups is 1. The minimum atomic E-state index is -0.841. The highest BCUT2D eigenvalue weighted by molar-refractivity contribution is 5.91. The van der Waals surface area contributed by atoms with Gasteiger partial charge in [-0.05, 0) is 21.9 Å². The summed E-state index contributed by atoms with van der Waals surface area (Å²) in [6.45, 7) is -0.198. The molecule has 0 radical (unpaired) electrons. The van der Waals surface area contributed by atoms with E-state index in [2.05, 4.69) is 14.9 Å². The highest BCUT2D eigenvalue weighted by atomic mass is 16.6. The third-order valence-electron chi connectivity index (χ3n) is 2.52. The summed E-state index contributed by atoms with van der Waals surface area (Å²) in [5, 5.41) is 17.4. The average molecular weight is 294 g/mol. The van der Waals surface area contributed by atoms with Crippen LogP contribution in [0, 0.1) is 10.1 Å². The first-order chi connectivity index (χ1) is 10.0. The Kier molecular flexibility index (Phi) is 3.97. The van der Waals surface area contributed by atoms with E-state index in [9.17, 15) is 14.9 Å². The summed E-state index contributed by atoms with van der Waals surface area (Å²) in [5.74, 6) is -0.923. The smallest absolute Gasteiger partial charge is 0.364 e. The number of esters is 1. The number of aromatic nitrogens is 2. The first-order valence-corrected chi connectivity index (χ1v) is 5.59. The molecule has 1 aromatic carbocycles. The second-order valence-electron chi connectivity index (χ2n) is 3.84. The van der Waals surface area contributed by atoms with Crippen molar-refractivity contribution in [2.75, 3.05) is 12.8 Å². The number of nitrogens with zero attached hydrogens (tertiary/aromatic N) is 3. The van der Waals surface area contributed by atoms with Gasteiger partial charge in [-0.25, -0.2) is 9.42 Å². The number of ether oxygens (including phenoxy) is 2. The van der Waals surface area contributed by atoms with Crippen molar-refractivity contribution in [3.05, 3.63) is 39.6 Å². The minimum absolute atomic E-state index is 0.111. The zero-order valence-corrected chi connectivity index (χ0v) is 10.8. The molecule has 110 valence electrons. The van der Waals surface area contributed by atoms with Crippen LogP contribution in [-0.4, -0.2) is 28.3 Å². The van der Waals surface area contributed by atoms with Crippen LogP contribution in [-0.2, 0) is 11.3 Å². The highest BCUT2D eigenvalue weighted by Crippen LogP contribution is 2.27. The molecule has 0 fully saturated rings. The van der Waals surface area contributed by atoms with Crippen LogP contribution in [0.2, 0.25) is 0 Å². The minimum Gasteiger partial charge on any atom is -0.490 e. The van der Waals surface area contributed by atoms with Gasteiger partial charge in [0.2, 0.25) is 11.5 Å². The van der Waals surface area contributed by atoms with Gasteiger partial charge in [0.25, 0.3) is 0 Å². The number of carbonyl (C=O) groups excluding carboxylic acids is 1. The second-order valence-corrected chi connectivity index (χ2v) is 3.84. The van der Waals surface area contributed by atoms with Crippen molar-refractivity contribution in [1.82, 2.24) is 10.3 Å². The SMILES string of the molecule is COc1ccc(COC(=O)c2nonc2N)cc1[N+](=O)[O-]. The fraction of sp³-hybridized carbons (Fsp3) is 0.182. The van der Waals surface area contributed by atoms with Crippen molar-refractivity contribution >= 4 is 17.5 Å². The summed E-state index contributed by atoms with van der Waals surface area (Å²) in [7, 11) is 1.32. The van der Waals surface area contributed by atoms with Crippen LogP contribution < -0.4 is 10.5 Å². The number of benzene rings is 1. The molecular formula is C11H10N4O6. The van der Waals surface area contributed by atoms with Gasteiger partial charge in [0.1, 0.15) is 6.61 Å². The van der Waals surface area contributed by atoms with Crippen LogP contribution in [0.1, 0.15) is 16.1 Å². The van der Waals surface area contributed by atoms with Crippen molar-refractivity contribution in [3.8, 4) is 5.75 Å². The van der Waals surface area contributed by atoms with E-state index in [1.165, 1.54) is 25.3 Å². The number of nitrogens with two attached hydrogens (primary N) is 1. The third kappa shape index (κ3) is 3.05. The number of anilines is 1. The molecular weight excluding hydrogens is 284 g/mol. The van der Waals surface area contributed by atoms with Gasteiger partial charge in [-0.3, -0.25) is 10.1 Å². The van der Waals surface area contributed by atoms with Crippen LogP contribution in [0.4, 0.5) is 11.5 Å². The van der Waals surface area contributed by atoms with Crippen LogP contribution >= 0.6 is 0 Å². The maximum Gasteiger partial charge on any atom is 0.364 e. The Balaban J connectivity index is 2.10. The number of hydrogen-bond donors (Lipinski definition) is 1. The summed E-state index contributed by atoms with van der Waals surface area (Å²) < 4.78 is 14.0. The number of nitro benzene ring substituents is 1. The summed E-state index contributed by atoms with van der Waals surface area (Å²) in [6.07, 6.45) is 0. The molecule has 0 bridgehead atoms. The van der Waals surface area contributed by atoms with E-state index >= 15 is 0 Å². The number of methoxy groups -OCH3 is 1. The van der Waals surface area contributed by atoms with Crippen LogP contribution in [0.15, 0.2) is 22.8 Å². The molecule has 2 aromatic rings. The fourth-order valence-corrected chi connectivity index (χ4v) is 1.52. The van der Waals surface area contributed by atoms with Crippen LogP contribution in [0.5, 0.6) is 5.75 Å². The number of nitrogen functional groups attached to an aromatic ring is 1. The summed E-state index contributed by atoms with van der Waals surface area (Å²) in [6, 6.07) is 4.19. The Bertz CT molecular complexity index is 683. The number of nitro groups is 1. The van der Waals surface area contributed by atoms with E-state index in [4.69, 9.17) is 15.2 Å². The van der Waals surface area contributed by atoms with Crippen molar-refractivity contribution < 1.29 is 23.8 Å². The Morgan fingerprint density at radius 2 is 2.24 bits per heavy atom. The van der Waals surface area contributed by atoms with E-state index in [1.807, 2.05) is 0 Å². The first-order valence-electron chi connectivity index (χ1n) is 5.59. The van der Waals surface area contributed by atoms with E-state index in [0.717, 1.165) is 0 Å². The Labute approximate surface area is 117 Å². The van der Waals surface area contributed by atoms with Crippen molar-refractivity contribution in [1.29, 1.82) is 0 Å². The predicted octanol–water partition coefficient (Wildman–Crippen LogP) is 0.926. The molecule has 2 N–H and O–H groups in total. The largest absolute Gasteiger partial charge is 0.490 e. The first kappa shape index (κ1) is 14.2. The summed E-state index contributed by atoms with van der Waals surface area (Å²) in [5.41, 5.74) is 5.27. The highest BCUT2D eigenvalue weighted by Gasteiger charge is 2.19. The van der Waals surface area contributed by atoms with Crippen molar-refractivity contribution in [2.45, 2.75) is 6.61 Å². The Hall–Kier alpha value is -3.17. The molecule has 1 aromatic heterocycles. The van der Waals surface area contributed by atoms with Gasteiger partial charge in [-0.2, -0.15) is 0 Å². The van der Waals surface area contributed by atoms with Crippen LogP contribution in [0.25, 0.3) is 0 Å². The van der Waals surface area contributed by atoms with Gasteiger partial charge >= 0.3 is 11.7 Å². The zero-order chi connectivity index (χ0) is 15.4. The Morgan fingerprint density at radius 1 is 1.48 bits per heavy atom. The number of rotatable bonds is 5. The predicted molar refractivity (Wildman–Crippen MR) is 67.5 cm³/mol. The van der Waals surface area contributed by atoms with E-state index < -0.39 is 10.9 Å². The quantitative estimate of drug-likeness (QED) is 0.483. The molecule has 21 heavy (non-hydrogen) atoms. The number of hydrogen-bond acceptors (Lipinski definition) is 9. The lowest BCUT2D eigenvalue weighted by molar-refractivity contribution is -0.385. The molecule has 0 saturated carbocycles. The van der Waals surface area contributed by atoms with Crippen molar-refractivity contribution in [2.24, 2.45) is 0 Å². The van der Waals surface area contributed by atoms with Crippen LogP contribution in [0.3, 0.4) is 0 Å². The molecule has 0 aliphatic rings. The maximum absolute atomic E-state index is 11.6. The molecule has 0 atom stereocenters. The monoisotopic (exact) mass is 294 g/mol. The van der Waals surface area contributed by atoms with Gasteiger partial charge in [-0.15, -0.1) is 0 Å². The molecule has 0 aliphatic carbocycles. The normalized spacial score (nSPS) is 10.1. The van der Waals surface area contributed by atoms with E-state index in [1.54, 1.807) is 0 Å². The van der Waals surface area contributed by atoms with E-state index in [-0.39, 0.29) is 29.6 Å². The molecule has 0 saturated heterocycles. The standard InChI is InChI=1S/C11H10N4O6/c1-19-8-3-2-6(4-7(8)15(17)18)5-20-11(16)9-10(12)14-21-13-9/h2-4H,5H2,1H3,(H2,12,14). The van der Waals surface area contributed by atoms with Gasteiger partial charge in [0, 0.05) is 6.07 Å². The molecule has 0 unspecified atom stereocenters. The zero-order valence-electron chi connectivity index (χ0n) is 10.8. The lowest BCUT2D eigenvalue weighted by Crippen LogP contribution is -2.08. The van der Waals surface area contributed by atoms with Gasteiger partial charge in [0.15, 0.2) is 5.75 Å².